The Balaban J connectivity index is 0.00000225. The molecule has 0 atom stereocenters. The summed E-state index contributed by atoms with van der Waals surface area (Å²) in [5.74, 6) is 0.869. The lowest BCUT2D eigenvalue weighted by molar-refractivity contribution is 0.187. The molecule has 0 amide bonds. The molecule has 5 heteroatoms. The molecule has 3 rings (SSSR count). The van der Waals surface area contributed by atoms with Gasteiger partial charge in [0.05, 0.1) is 12.1 Å². The van der Waals surface area contributed by atoms with Crippen molar-refractivity contribution in [3.63, 3.8) is 0 Å². The van der Waals surface area contributed by atoms with Crippen LogP contribution in [0.4, 0.5) is 0 Å². The fourth-order valence-electron chi connectivity index (χ4n) is 3.05. The molecule has 3 aromatic rings. The van der Waals surface area contributed by atoms with Gasteiger partial charge in [-0.3, -0.25) is 4.98 Å². The zero-order valence-corrected chi connectivity index (χ0v) is 16.0. The summed E-state index contributed by atoms with van der Waals surface area (Å²) in [5, 5.41) is 0. The number of hydrogen-bond acceptors (Lipinski definition) is 3. The molecule has 25 heavy (non-hydrogen) atoms. The van der Waals surface area contributed by atoms with Gasteiger partial charge >= 0.3 is 0 Å². The Morgan fingerprint density at radius 2 is 1.92 bits per heavy atom. The van der Waals surface area contributed by atoms with Crippen LogP contribution in [0.5, 0.6) is 5.75 Å². The van der Waals surface area contributed by atoms with E-state index < -0.39 is 0 Å². The minimum Gasteiger partial charge on any atom is -0.487 e. The van der Waals surface area contributed by atoms with E-state index in [9.17, 15) is 0 Å². The maximum atomic E-state index is 6.15. The number of halogens is 1. The van der Waals surface area contributed by atoms with E-state index >= 15 is 0 Å². The number of aryl methyl sites for hydroxylation is 2. The molecule has 1 aromatic carbocycles. The van der Waals surface area contributed by atoms with Gasteiger partial charge in [-0.2, -0.15) is 0 Å². The molecule has 0 aliphatic heterocycles. The predicted octanol–water partition coefficient (Wildman–Crippen LogP) is 4.61. The molecule has 0 aliphatic carbocycles. The average molecular weight is 361 g/mol. The highest BCUT2D eigenvalue weighted by molar-refractivity contribution is 5.86. The van der Waals surface area contributed by atoms with Crippen molar-refractivity contribution in [3.05, 3.63) is 58.9 Å². The Morgan fingerprint density at radius 3 is 2.64 bits per heavy atom. The maximum absolute atomic E-state index is 6.15. The van der Waals surface area contributed by atoms with Crippen molar-refractivity contribution in [3.8, 4) is 5.75 Å². The highest BCUT2D eigenvalue weighted by Gasteiger charge is 2.16. The van der Waals surface area contributed by atoms with Gasteiger partial charge in [-0.05, 0) is 31.9 Å². The van der Waals surface area contributed by atoms with Crippen LogP contribution in [0.25, 0.3) is 11.0 Å². The summed E-state index contributed by atoms with van der Waals surface area (Å²) >= 11 is 0. The molecule has 4 nitrogen and oxygen atoms in total. The molecule has 0 N–H and O–H groups in total. The third kappa shape index (κ3) is 3.97. The second-order valence-corrected chi connectivity index (χ2v) is 6.14. The van der Waals surface area contributed by atoms with Crippen molar-refractivity contribution in [2.24, 2.45) is 0 Å². The maximum Gasteiger partial charge on any atom is 0.147 e. The van der Waals surface area contributed by atoms with Crippen molar-refractivity contribution >= 4 is 23.4 Å². The highest BCUT2D eigenvalue weighted by Crippen LogP contribution is 2.31. The number of fused-ring (bicyclic) bond motifs is 1. The Kier molecular flexibility index (Phi) is 6.45. The van der Waals surface area contributed by atoms with Crippen molar-refractivity contribution in [1.29, 1.82) is 0 Å². The minimum absolute atomic E-state index is 0. The van der Waals surface area contributed by atoms with E-state index in [1.165, 1.54) is 22.4 Å². The first-order valence-electron chi connectivity index (χ1n) is 8.23. The van der Waals surface area contributed by atoms with Gasteiger partial charge in [-0.15, -0.1) is 12.4 Å². The molecule has 0 spiro atoms. The summed E-state index contributed by atoms with van der Waals surface area (Å²) in [6, 6.07) is 10.3. The van der Waals surface area contributed by atoms with Crippen LogP contribution < -0.4 is 4.74 Å². The Hall–Kier alpha value is -2.04. The van der Waals surface area contributed by atoms with Gasteiger partial charge in [-0.1, -0.05) is 29.8 Å². The molecule has 0 fully saturated rings. The molecule has 2 heterocycles. The zero-order valence-electron chi connectivity index (χ0n) is 15.2. The van der Waals surface area contributed by atoms with Gasteiger partial charge in [0.1, 0.15) is 17.9 Å². The molecule has 0 bridgehead atoms. The topological polar surface area (TPSA) is 36.3 Å². The van der Waals surface area contributed by atoms with Crippen LogP contribution in [0, 0.1) is 20.8 Å². The van der Waals surface area contributed by atoms with Gasteiger partial charge in [0.2, 0.25) is 0 Å². The molecule has 0 unspecified atom stereocenters. The van der Waals surface area contributed by atoms with E-state index in [2.05, 4.69) is 54.6 Å². The van der Waals surface area contributed by atoms with E-state index in [0.29, 0.717) is 13.2 Å². The van der Waals surface area contributed by atoms with Crippen molar-refractivity contribution in [2.75, 3.05) is 13.7 Å². The van der Waals surface area contributed by atoms with Gasteiger partial charge in [0, 0.05) is 31.6 Å². The average Bonchev–Trinajstić information content (AvgIpc) is 2.83. The number of rotatable bonds is 6. The lowest BCUT2D eigenvalue weighted by Gasteiger charge is -2.12. The van der Waals surface area contributed by atoms with Crippen LogP contribution in [0.2, 0.25) is 0 Å². The summed E-state index contributed by atoms with van der Waals surface area (Å²) in [7, 11) is 1.72. The minimum atomic E-state index is 0. The number of ether oxygens (including phenoxy) is 2. The normalized spacial score (nSPS) is 10.7. The number of aromatic nitrogens is 2. The first kappa shape index (κ1) is 19.3. The predicted molar refractivity (Wildman–Crippen MR) is 104 cm³/mol. The molecule has 0 saturated heterocycles. The lowest BCUT2D eigenvalue weighted by Crippen LogP contribution is -2.07. The number of nitrogens with zero attached hydrogens (tertiary/aromatic N) is 2. The Morgan fingerprint density at radius 1 is 1.12 bits per heavy atom. The number of benzene rings is 1. The van der Waals surface area contributed by atoms with Gasteiger partial charge in [0.25, 0.3) is 0 Å². The Bertz CT molecular complexity index is 858. The molecule has 0 saturated carbocycles. The molecular formula is C20H25ClN2O2. The number of methoxy groups -OCH3 is 1. The fourth-order valence-corrected chi connectivity index (χ4v) is 3.05. The third-order valence-electron chi connectivity index (χ3n) is 4.46. The number of pyridine rings is 1. The molecule has 0 aliphatic rings. The lowest BCUT2D eigenvalue weighted by atomic mass is 10.1. The fraction of sp³-hybridized carbons (Fsp3) is 0.350. The van der Waals surface area contributed by atoms with Crippen LogP contribution in [0.15, 0.2) is 36.5 Å². The monoisotopic (exact) mass is 360 g/mol. The second-order valence-electron chi connectivity index (χ2n) is 6.14. The smallest absolute Gasteiger partial charge is 0.147 e. The summed E-state index contributed by atoms with van der Waals surface area (Å²) < 4.78 is 13.6. The van der Waals surface area contributed by atoms with E-state index in [1.807, 2.05) is 12.3 Å². The van der Waals surface area contributed by atoms with Crippen molar-refractivity contribution < 1.29 is 9.47 Å². The van der Waals surface area contributed by atoms with E-state index in [-0.39, 0.29) is 12.4 Å². The van der Waals surface area contributed by atoms with Crippen LogP contribution in [0.1, 0.15) is 22.4 Å². The molecule has 134 valence electrons. The number of hydrogen-bond donors (Lipinski definition) is 0. The SMILES string of the molecule is COCCn1c(C)c(C)c2nccc(OCc3cccc(C)c3)c21.Cl. The van der Waals surface area contributed by atoms with Gasteiger partial charge in [-0.25, -0.2) is 0 Å². The summed E-state index contributed by atoms with van der Waals surface area (Å²) in [5.41, 5.74) is 6.88. The summed E-state index contributed by atoms with van der Waals surface area (Å²) in [4.78, 5) is 4.56. The van der Waals surface area contributed by atoms with Crippen LogP contribution in [-0.4, -0.2) is 23.3 Å². The van der Waals surface area contributed by atoms with E-state index in [0.717, 1.165) is 23.3 Å². The van der Waals surface area contributed by atoms with E-state index in [4.69, 9.17) is 9.47 Å². The third-order valence-corrected chi connectivity index (χ3v) is 4.46. The molecular weight excluding hydrogens is 336 g/mol. The van der Waals surface area contributed by atoms with Crippen LogP contribution in [-0.2, 0) is 17.9 Å². The van der Waals surface area contributed by atoms with Crippen LogP contribution in [0.3, 0.4) is 0 Å². The van der Waals surface area contributed by atoms with Gasteiger partial charge in [0.15, 0.2) is 0 Å². The van der Waals surface area contributed by atoms with Gasteiger partial charge < -0.3 is 14.0 Å². The standard InChI is InChI=1S/C20H24N2O2.ClH/c1-14-6-5-7-17(12-14)13-24-18-8-9-21-19-15(2)16(3)22(20(18)19)10-11-23-4;/h5-9,12H,10-11,13H2,1-4H3;1H. The van der Waals surface area contributed by atoms with E-state index in [1.54, 1.807) is 7.11 Å². The summed E-state index contributed by atoms with van der Waals surface area (Å²) in [6.07, 6.45) is 1.82. The zero-order chi connectivity index (χ0) is 17.1. The van der Waals surface area contributed by atoms with Crippen molar-refractivity contribution in [2.45, 2.75) is 33.9 Å². The Labute approximate surface area is 155 Å². The largest absolute Gasteiger partial charge is 0.487 e. The van der Waals surface area contributed by atoms with Crippen molar-refractivity contribution in [1.82, 2.24) is 9.55 Å². The second kappa shape index (κ2) is 8.37. The highest BCUT2D eigenvalue weighted by atomic mass is 35.5. The van der Waals surface area contributed by atoms with Crippen LogP contribution >= 0.6 is 12.4 Å². The first-order chi connectivity index (χ1) is 11.6. The first-order valence-corrected chi connectivity index (χ1v) is 8.23. The molecule has 2 aromatic heterocycles. The summed E-state index contributed by atoms with van der Waals surface area (Å²) in [6.45, 7) is 8.33. The molecule has 0 radical (unpaired) electrons. The quantitative estimate of drug-likeness (QED) is 0.644.